The molecule has 1 aliphatic rings. The Labute approximate surface area is 178 Å². The number of carbonyl (C=O) groups excluding carboxylic acids is 3. The monoisotopic (exact) mass is 473 g/mol. The molecule has 2 amide bonds. The van der Waals surface area contributed by atoms with Crippen molar-refractivity contribution in [1.82, 2.24) is 4.90 Å². The summed E-state index contributed by atoms with van der Waals surface area (Å²) in [7, 11) is 0. The van der Waals surface area contributed by atoms with Gasteiger partial charge in [0, 0.05) is 37.9 Å². The Kier molecular flexibility index (Phi) is 7.14. The van der Waals surface area contributed by atoms with Gasteiger partial charge in [0.15, 0.2) is 0 Å². The summed E-state index contributed by atoms with van der Waals surface area (Å²) >= 11 is 5.49. The van der Waals surface area contributed by atoms with Crippen LogP contribution in [0.1, 0.15) is 24.2 Å². The van der Waals surface area contributed by atoms with E-state index < -0.39 is 35.5 Å². The molecule has 172 valence electrons. The average Bonchev–Trinajstić information content (AvgIpc) is 2.65. The molecular weight excluding hydrogens is 456 g/mol. The number of hydrogen-bond acceptors (Lipinski definition) is 4. The summed E-state index contributed by atoms with van der Waals surface area (Å²) in [5, 5.41) is -1.08. The Morgan fingerprint density at radius 2 is 1.52 bits per heavy atom. The molecule has 2 rings (SSSR count). The van der Waals surface area contributed by atoms with Crippen molar-refractivity contribution >= 4 is 40.0 Å². The fourth-order valence-electron chi connectivity index (χ4n) is 3.19. The van der Waals surface area contributed by atoms with Gasteiger partial charge in [-0.25, -0.2) is 0 Å². The van der Waals surface area contributed by atoms with Crippen LogP contribution in [-0.2, 0) is 9.59 Å². The van der Waals surface area contributed by atoms with Crippen molar-refractivity contribution in [3.05, 3.63) is 23.8 Å². The van der Waals surface area contributed by atoms with Gasteiger partial charge in [0.25, 0.3) is 5.24 Å². The highest BCUT2D eigenvalue weighted by Crippen LogP contribution is 2.33. The molecule has 31 heavy (non-hydrogen) atoms. The van der Waals surface area contributed by atoms with Gasteiger partial charge in [0.05, 0.1) is 11.3 Å². The summed E-state index contributed by atoms with van der Waals surface area (Å²) in [4.78, 5) is 37.6. The Morgan fingerprint density at radius 1 is 0.968 bits per heavy atom. The van der Waals surface area contributed by atoms with E-state index >= 15 is 0 Å². The number of piperazine rings is 1. The average molecular weight is 474 g/mol. The van der Waals surface area contributed by atoms with Gasteiger partial charge in [-0.2, -0.15) is 26.3 Å². The van der Waals surface area contributed by atoms with Gasteiger partial charge in [-0.05, 0) is 43.6 Å². The largest absolute Gasteiger partial charge is 0.471 e. The van der Waals surface area contributed by atoms with Crippen LogP contribution in [0.15, 0.2) is 18.2 Å². The maximum Gasteiger partial charge on any atom is 0.471 e. The van der Waals surface area contributed by atoms with Crippen LogP contribution in [0.25, 0.3) is 0 Å². The lowest BCUT2D eigenvalue weighted by atomic mass is 10.1. The SMILES string of the molecule is CC(C)N(C(=O)C(F)(F)F)c1cc(N2CCN(C(=O)C(F)(F)F)CC2)ccc1C(=O)Cl. The minimum Gasteiger partial charge on any atom is -0.368 e. The van der Waals surface area contributed by atoms with E-state index in [9.17, 15) is 40.7 Å². The van der Waals surface area contributed by atoms with Crippen molar-refractivity contribution < 1.29 is 40.7 Å². The molecule has 0 aromatic heterocycles. The fraction of sp³-hybridized carbons (Fsp3) is 0.500. The molecule has 1 aromatic rings. The number of benzene rings is 1. The van der Waals surface area contributed by atoms with E-state index in [1.807, 2.05) is 0 Å². The first-order valence-electron chi connectivity index (χ1n) is 9.00. The smallest absolute Gasteiger partial charge is 0.368 e. The molecule has 0 saturated carbocycles. The van der Waals surface area contributed by atoms with Crippen molar-refractivity contribution in [1.29, 1.82) is 0 Å². The Hall–Kier alpha value is -2.50. The first-order valence-corrected chi connectivity index (χ1v) is 9.37. The third-order valence-electron chi connectivity index (χ3n) is 4.60. The van der Waals surface area contributed by atoms with Crippen LogP contribution >= 0.6 is 11.6 Å². The van der Waals surface area contributed by atoms with Gasteiger partial charge in [0.2, 0.25) is 0 Å². The van der Waals surface area contributed by atoms with Gasteiger partial charge in [-0.3, -0.25) is 14.4 Å². The second kappa shape index (κ2) is 8.93. The van der Waals surface area contributed by atoms with E-state index in [4.69, 9.17) is 11.6 Å². The molecule has 1 fully saturated rings. The van der Waals surface area contributed by atoms with Gasteiger partial charge >= 0.3 is 24.2 Å². The number of amides is 2. The van der Waals surface area contributed by atoms with E-state index in [-0.39, 0.29) is 43.1 Å². The van der Waals surface area contributed by atoms with Crippen LogP contribution in [0.5, 0.6) is 0 Å². The van der Waals surface area contributed by atoms with Crippen LogP contribution in [0.4, 0.5) is 37.7 Å². The van der Waals surface area contributed by atoms with Crippen LogP contribution in [0.2, 0.25) is 0 Å². The Bertz CT molecular complexity index is 864. The van der Waals surface area contributed by atoms with Gasteiger partial charge < -0.3 is 14.7 Å². The van der Waals surface area contributed by atoms with Crippen LogP contribution < -0.4 is 9.80 Å². The summed E-state index contributed by atoms with van der Waals surface area (Å²) < 4.78 is 77.1. The first kappa shape index (κ1) is 24.8. The number of carbonyl (C=O) groups is 3. The predicted molar refractivity (Wildman–Crippen MR) is 100 cm³/mol. The van der Waals surface area contributed by atoms with E-state index in [0.717, 1.165) is 12.1 Å². The molecule has 0 N–H and O–H groups in total. The molecule has 0 radical (unpaired) electrons. The molecule has 0 aliphatic carbocycles. The third kappa shape index (κ3) is 5.60. The number of alkyl halides is 6. The first-order chi connectivity index (χ1) is 14.1. The molecule has 0 unspecified atom stereocenters. The van der Waals surface area contributed by atoms with Crippen molar-refractivity contribution in [2.24, 2.45) is 0 Å². The molecule has 1 saturated heterocycles. The van der Waals surface area contributed by atoms with E-state index in [0.29, 0.717) is 9.80 Å². The minimum absolute atomic E-state index is 0.0374. The Balaban J connectivity index is 2.37. The highest BCUT2D eigenvalue weighted by Gasteiger charge is 2.45. The van der Waals surface area contributed by atoms with Crippen molar-refractivity contribution in [3.8, 4) is 0 Å². The number of nitrogens with zero attached hydrogens (tertiary/aromatic N) is 3. The standard InChI is InChI=1S/C18H18ClF6N3O3/c1-10(2)28(16(31)18(23,24)25)13-9-11(3-4-12(13)14(19)29)26-5-7-27(8-6-26)15(30)17(20,21)22/h3-4,9-10H,5-8H2,1-2H3. The zero-order valence-corrected chi connectivity index (χ0v) is 17.1. The number of anilines is 2. The van der Waals surface area contributed by atoms with Gasteiger partial charge in [-0.15, -0.1) is 0 Å². The highest BCUT2D eigenvalue weighted by molar-refractivity contribution is 6.68. The molecule has 13 heteroatoms. The van der Waals surface area contributed by atoms with Gasteiger partial charge in [-0.1, -0.05) is 0 Å². The normalized spacial score (nSPS) is 15.3. The second-order valence-electron chi connectivity index (χ2n) is 7.02. The minimum atomic E-state index is -5.21. The lowest BCUT2D eigenvalue weighted by Crippen LogP contribution is -2.52. The van der Waals surface area contributed by atoms with Crippen molar-refractivity contribution in [3.63, 3.8) is 0 Å². The maximum atomic E-state index is 13.1. The fourth-order valence-corrected chi connectivity index (χ4v) is 3.35. The summed E-state index contributed by atoms with van der Waals surface area (Å²) in [5.41, 5.74) is -0.442. The summed E-state index contributed by atoms with van der Waals surface area (Å²) in [6.07, 6.45) is -10.2. The lowest BCUT2D eigenvalue weighted by Gasteiger charge is -2.37. The molecular formula is C18H18ClF6N3O3. The van der Waals surface area contributed by atoms with Crippen LogP contribution in [-0.4, -0.2) is 66.5 Å². The van der Waals surface area contributed by atoms with Crippen LogP contribution in [0, 0.1) is 0 Å². The molecule has 1 aromatic carbocycles. The lowest BCUT2D eigenvalue weighted by molar-refractivity contribution is -0.185. The van der Waals surface area contributed by atoms with E-state index in [1.165, 1.54) is 24.8 Å². The molecule has 1 aliphatic heterocycles. The zero-order valence-electron chi connectivity index (χ0n) is 16.3. The molecule has 0 spiro atoms. The molecule has 0 atom stereocenters. The summed E-state index contributed by atoms with van der Waals surface area (Å²) in [5.74, 6) is -4.17. The number of hydrogen-bond donors (Lipinski definition) is 0. The number of rotatable bonds is 4. The van der Waals surface area contributed by atoms with E-state index in [1.54, 1.807) is 0 Å². The predicted octanol–water partition coefficient (Wildman–Crippen LogP) is 3.58. The van der Waals surface area contributed by atoms with Crippen molar-refractivity contribution in [2.45, 2.75) is 32.2 Å². The van der Waals surface area contributed by atoms with E-state index in [2.05, 4.69) is 0 Å². The quantitative estimate of drug-likeness (QED) is 0.495. The zero-order chi connectivity index (χ0) is 23.7. The van der Waals surface area contributed by atoms with Gasteiger partial charge in [0.1, 0.15) is 0 Å². The highest BCUT2D eigenvalue weighted by atomic mass is 35.5. The molecule has 0 bridgehead atoms. The topological polar surface area (TPSA) is 60.9 Å². The van der Waals surface area contributed by atoms with Crippen LogP contribution in [0.3, 0.4) is 0 Å². The Morgan fingerprint density at radius 3 is 1.94 bits per heavy atom. The summed E-state index contributed by atoms with van der Waals surface area (Å²) in [6, 6.07) is 2.67. The third-order valence-corrected chi connectivity index (χ3v) is 4.81. The molecule has 1 heterocycles. The number of halogens is 7. The second-order valence-corrected chi connectivity index (χ2v) is 7.36. The molecule has 6 nitrogen and oxygen atoms in total. The maximum absolute atomic E-state index is 13.1. The van der Waals surface area contributed by atoms with Crippen molar-refractivity contribution in [2.75, 3.05) is 36.0 Å². The summed E-state index contributed by atoms with van der Waals surface area (Å²) in [6.45, 7) is 2.04.